The fraction of sp³-hybridized carbons (Fsp3) is 0.700. The van der Waals surface area contributed by atoms with Gasteiger partial charge in [-0.15, -0.1) is 0 Å². The Kier molecular flexibility index (Phi) is 5.54. The molecule has 0 aliphatic heterocycles. The molecule has 0 amide bonds. The van der Waals surface area contributed by atoms with Crippen LogP contribution in [0.3, 0.4) is 0 Å². The van der Waals surface area contributed by atoms with Gasteiger partial charge in [0.15, 0.2) is 0 Å². The number of carbonyl (C=O) groups is 1. The molecule has 0 aromatic carbocycles. The SMILES string of the molecule is CN/N=C(\C)C(C)CC(C#N)C(C)=O. The van der Waals surface area contributed by atoms with E-state index in [1.165, 1.54) is 6.92 Å². The van der Waals surface area contributed by atoms with Crippen LogP contribution in [-0.4, -0.2) is 18.5 Å². The van der Waals surface area contributed by atoms with Crippen molar-refractivity contribution >= 4 is 11.5 Å². The summed E-state index contributed by atoms with van der Waals surface area (Å²) in [6.07, 6.45) is 0.544. The lowest BCUT2D eigenvalue weighted by Gasteiger charge is -2.12. The Morgan fingerprint density at radius 1 is 1.57 bits per heavy atom. The molecule has 78 valence electrons. The van der Waals surface area contributed by atoms with Gasteiger partial charge in [-0.2, -0.15) is 10.4 Å². The van der Waals surface area contributed by atoms with E-state index in [4.69, 9.17) is 5.26 Å². The van der Waals surface area contributed by atoms with Crippen LogP contribution < -0.4 is 5.43 Å². The molecule has 0 heterocycles. The molecule has 0 aliphatic rings. The Morgan fingerprint density at radius 3 is 2.50 bits per heavy atom. The monoisotopic (exact) mass is 195 g/mol. The Hall–Kier alpha value is -1.37. The van der Waals surface area contributed by atoms with Crippen LogP contribution in [0.25, 0.3) is 0 Å². The van der Waals surface area contributed by atoms with Gasteiger partial charge in [0.2, 0.25) is 0 Å². The zero-order chi connectivity index (χ0) is 11.1. The normalized spacial score (nSPS) is 15.5. The van der Waals surface area contributed by atoms with Crippen LogP contribution in [0.2, 0.25) is 0 Å². The second-order valence-corrected chi connectivity index (χ2v) is 3.41. The summed E-state index contributed by atoms with van der Waals surface area (Å²) < 4.78 is 0. The maximum atomic E-state index is 11.0. The standard InChI is InChI=1S/C10H17N3O/c1-7(8(2)13-12-4)5-10(6-11)9(3)14/h7,10,12H,5H2,1-4H3/b13-8+. The van der Waals surface area contributed by atoms with Crippen molar-refractivity contribution in [1.29, 1.82) is 5.26 Å². The van der Waals surface area contributed by atoms with Crippen molar-refractivity contribution in [2.24, 2.45) is 16.9 Å². The van der Waals surface area contributed by atoms with Gasteiger partial charge in [-0.1, -0.05) is 6.92 Å². The van der Waals surface area contributed by atoms with Gasteiger partial charge in [-0.25, -0.2) is 0 Å². The average Bonchev–Trinajstić information content (AvgIpc) is 2.13. The van der Waals surface area contributed by atoms with E-state index in [1.54, 1.807) is 7.05 Å². The molecular formula is C10H17N3O. The molecule has 0 bridgehead atoms. The summed E-state index contributed by atoms with van der Waals surface area (Å²) in [6.45, 7) is 5.30. The fourth-order valence-corrected chi connectivity index (χ4v) is 1.12. The van der Waals surface area contributed by atoms with Crippen molar-refractivity contribution in [3.8, 4) is 6.07 Å². The largest absolute Gasteiger partial charge is 0.313 e. The van der Waals surface area contributed by atoms with Crippen LogP contribution in [0.1, 0.15) is 27.2 Å². The van der Waals surface area contributed by atoms with Gasteiger partial charge in [0.05, 0.1) is 6.07 Å². The smallest absolute Gasteiger partial charge is 0.146 e. The number of ketones is 1. The quantitative estimate of drug-likeness (QED) is 0.531. The predicted molar refractivity (Wildman–Crippen MR) is 55.7 cm³/mol. The number of nitriles is 1. The number of carbonyl (C=O) groups excluding carboxylic acids is 1. The molecule has 0 saturated carbocycles. The first-order chi connectivity index (χ1) is 6.52. The van der Waals surface area contributed by atoms with Crippen LogP contribution in [0.4, 0.5) is 0 Å². The van der Waals surface area contributed by atoms with Crippen molar-refractivity contribution in [3.63, 3.8) is 0 Å². The highest BCUT2D eigenvalue weighted by atomic mass is 16.1. The average molecular weight is 195 g/mol. The van der Waals surface area contributed by atoms with Gasteiger partial charge in [-0.05, 0) is 26.2 Å². The molecule has 14 heavy (non-hydrogen) atoms. The second kappa shape index (κ2) is 6.14. The third-order valence-electron chi connectivity index (χ3n) is 2.24. The molecule has 2 atom stereocenters. The maximum Gasteiger partial charge on any atom is 0.146 e. The van der Waals surface area contributed by atoms with Crippen LogP contribution in [0.5, 0.6) is 0 Å². The lowest BCUT2D eigenvalue weighted by Crippen LogP contribution is -2.18. The van der Waals surface area contributed by atoms with Gasteiger partial charge in [-0.3, -0.25) is 4.79 Å². The minimum absolute atomic E-state index is 0.0726. The summed E-state index contributed by atoms with van der Waals surface area (Å²) >= 11 is 0. The fourth-order valence-electron chi connectivity index (χ4n) is 1.12. The van der Waals surface area contributed by atoms with E-state index in [-0.39, 0.29) is 11.7 Å². The number of hydrogen-bond donors (Lipinski definition) is 1. The van der Waals surface area contributed by atoms with Crippen molar-refractivity contribution in [2.75, 3.05) is 7.05 Å². The first-order valence-corrected chi connectivity index (χ1v) is 4.63. The van der Waals surface area contributed by atoms with Gasteiger partial charge >= 0.3 is 0 Å². The Morgan fingerprint density at radius 2 is 2.14 bits per heavy atom. The molecule has 0 rings (SSSR count). The first-order valence-electron chi connectivity index (χ1n) is 4.63. The molecule has 0 aromatic rings. The first kappa shape index (κ1) is 12.6. The van der Waals surface area contributed by atoms with Crippen LogP contribution in [0, 0.1) is 23.2 Å². The number of hydrogen-bond acceptors (Lipinski definition) is 4. The minimum Gasteiger partial charge on any atom is -0.313 e. The van der Waals surface area contributed by atoms with Crippen molar-refractivity contribution in [1.82, 2.24) is 5.43 Å². The second-order valence-electron chi connectivity index (χ2n) is 3.41. The molecule has 4 nitrogen and oxygen atoms in total. The van der Waals surface area contributed by atoms with E-state index < -0.39 is 5.92 Å². The molecule has 1 N–H and O–H groups in total. The summed E-state index contributed by atoms with van der Waals surface area (Å²) in [5.41, 5.74) is 3.60. The lowest BCUT2D eigenvalue weighted by atomic mass is 9.91. The van der Waals surface area contributed by atoms with Gasteiger partial charge in [0.25, 0.3) is 0 Å². The van der Waals surface area contributed by atoms with Crippen molar-refractivity contribution in [3.05, 3.63) is 0 Å². The third-order valence-corrected chi connectivity index (χ3v) is 2.24. The van der Waals surface area contributed by atoms with E-state index in [0.717, 1.165) is 5.71 Å². The molecule has 4 heteroatoms. The molecule has 0 radical (unpaired) electrons. The summed E-state index contributed by atoms with van der Waals surface area (Å²) in [4.78, 5) is 11.0. The highest BCUT2D eigenvalue weighted by Gasteiger charge is 2.18. The third kappa shape index (κ3) is 4.04. The zero-order valence-corrected chi connectivity index (χ0v) is 9.16. The molecule has 0 saturated heterocycles. The van der Waals surface area contributed by atoms with Crippen LogP contribution >= 0.6 is 0 Å². The van der Waals surface area contributed by atoms with Crippen LogP contribution in [0.15, 0.2) is 5.10 Å². The summed E-state index contributed by atoms with van der Waals surface area (Å²) in [5.74, 6) is -0.431. The number of nitrogens with one attached hydrogen (secondary N) is 1. The Balaban J connectivity index is 4.31. The molecule has 0 spiro atoms. The van der Waals surface area contributed by atoms with Gasteiger partial charge in [0.1, 0.15) is 11.7 Å². The van der Waals surface area contributed by atoms with E-state index >= 15 is 0 Å². The summed E-state index contributed by atoms with van der Waals surface area (Å²) in [5, 5.41) is 12.7. The number of Topliss-reactive ketones (excluding diaryl/α,β-unsaturated/α-hetero) is 1. The van der Waals surface area contributed by atoms with E-state index in [9.17, 15) is 4.79 Å². The number of rotatable bonds is 5. The Labute approximate surface area is 85.0 Å². The lowest BCUT2D eigenvalue weighted by molar-refractivity contribution is -0.119. The maximum absolute atomic E-state index is 11.0. The van der Waals surface area contributed by atoms with Gasteiger partial charge < -0.3 is 5.43 Å². The highest BCUT2D eigenvalue weighted by molar-refractivity contribution is 5.85. The van der Waals surface area contributed by atoms with E-state index in [0.29, 0.717) is 6.42 Å². The Bertz CT molecular complexity index is 265. The van der Waals surface area contributed by atoms with Crippen molar-refractivity contribution < 1.29 is 4.79 Å². The number of nitrogens with zero attached hydrogens (tertiary/aromatic N) is 2. The summed E-state index contributed by atoms with van der Waals surface area (Å²) in [6, 6.07) is 2.00. The molecule has 2 unspecified atom stereocenters. The van der Waals surface area contributed by atoms with Gasteiger partial charge in [0, 0.05) is 12.8 Å². The molecule has 0 fully saturated rings. The van der Waals surface area contributed by atoms with Crippen LogP contribution in [-0.2, 0) is 4.79 Å². The highest BCUT2D eigenvalue weighted by Crippen LogP contribution is 2.13. The molecule has 0 aromatic heterocycles. The zero-order valence-electron chi connectivity index (χ0n) is 9.16. The molecule has 0 aliphatic carbocycles. The minimum atomic E-state index is -0.507. The van der Waals surface area contributed by atoms with E-state index in [2.05, 4.69) is 10.5 Å². The molecular weight excluding hydrogens is 178 g/mol. The topological polar surface area (TPSA) is 65.2 Å². The van der Waals surface area contributed by atoms with E-state index in [1.807, 2.05) is 19.9 Å². The van der Waals surface area contributed by atoms with Crippen molar-refractivity contribution in [2.45, 2.75) is 27.2 Å². The summed E-state index contributed by atoms with van der Waals surface area (Å²) in [7, 11) is 1.73. The number of hydrazone groups is 1. The predicted octanol–water partition coefficient (Wildman–Crippen LogP) is 1.34.